The van der Waals surface area contributed by atoms with Crippen molar-refractivity contribution in [2.24, 2.45) is 0 Å². The van der Waals surface area contributed by atoms with Gasteiger partial charge in [0.1, 0.15) is 0 Å². The predicted octanol–water partition coefficient (Wildman–Crippen LogP) is 5.87. The molecule has 0 rings (SSSR count). The first kappa shape index (κ1) is 20.9. The van der Waals surface area contributed by atoms with Gasteiger partial charge in [-0.2, -0.15) is 0 Å². The minimum atomic E-state index is -0.257. The number of rotatable bonds is 17. The van der Waals surface area contributed by atoms with Crippen LogP contribution in [0.25, 0.3) is 0 Å². The molecule has 0 fully saturated rings. The minimum absolute atomic E-state index is 0.257. The van der Waals surface area contributed by atoms with Gasteiger partial charge in [-0.15, -0.1) is 0 Å². The van der Waals surface area contributed by atoms with Gasteiger partial charge < -0.3 is 9.84 Å². The van der Waals surface area contributed by atoms with E-state index in [-0.39, 0.29) is 6.10 Å². The summed E-state index contributed by atoms with van der Waals surface area (Å²) in [5.74, 6) is 0. The molecular formula is C19H40O2. The SMILES string of the molecule is CCCCCCCCCCCCCCCCC(O)COC. The molecule has 2 heteroatoms. The van der Waals surface area contributed by atoms with Crippen LogP contribution in [0.15, 0.2) is 0 Å². The predicted molar refractivity (Wildman–Crippen MR) is 92.8 cm³/mol. The van der Waals surface area contributed by atoms with Crippen LogP contribution in [0.5, 0.6) is 0 Å². The first-order valence-corrected chi connectivity index (χ1v) is 9.48. The van der Waals surface area contributed by atoms with E-state index in [1.807, 2.05) is 0 Å². The molecule has 21 heavy (non-hydrogen) atoms. The Hall–Kier alpha value is -0.0800. The Morgan fingerprint density at radius 2 is 1.05 bits per heavy atom. The summed E-state index contributed by atoms with van der Waals surface area (Å²) in [6, 6.07) is 0. The summed E-state index contributed by atoms with van der Waals surface area (Å²) in [4.78, 5) is 0. The third-order valence-corrected chi connectivity index (χ3v) is 4.25. The second kappa shape index (κ2) is 18.0. The van der Waals surface area contributed by atoms with E-state index in [1.54, 1.807) is 7.11 Å². The third-order valence-electron chi connectivity index (χ3n) is 4.25. The van der Waals surface area contributed by atoms with Crippen molar-refractivity contribution in [3.05, 3.63) is 0 Å². The highest BCUT2D eigenvalue weighted by atomic mass is 16.5. The molecule has 2 nitrogen and oxygen atoms in total. The molecule has 0 aliphatic heterocycles. The van der Waals surface area contributed by atoms with E-state index in [0.29, 0.717) is 6.61 Å². The average molecular weight is 301 g/mol. The monoisotopic (exact) mass is 300 g/mol. The maximum Gasteiger partial charge on any atom is 0.0773 e. The van der Waals surface area contributed by atoms with E-state index in [2.05, 4.69) is 6.92 Å². The lowest BCUT2D eigenvalue weighted by Crippen LogP contribution is -2.13. The molecule has 1 N–H and O–H groups in total. The normalized spacial score (nSPS) is 12.7. The largest absolute Gasteiger partial charge is 0.391 e. The summed E-state index contributed by atoms with van der Waals surface area (Å²) >= 11 is 0. The fourth-order valence-electron chi connectivity index (χ4n) is 2.85. The van der Waals surface area contributed by atoms with E-state index < -0.39 is 0 Å². The zero-order valence-electron chi connectivity index (χ0n) is 14.7. The second-order valence-corrected chi connectivity index (χ2v) is 6.49. The Morgan fingerprint density at radius 3 is 1.43 bits per heavy atom. The lowest BCUT2D eigenvalue weighted by atomic mass is 10.0. The standard InChI is InChI=1S/C19H40O2/c1-3-4-5-6-7-8-9-10-11-12-13-14-15-16-17-19(20)18-21-2/h19-20H,3-18H2,1-2H3. The molecule has 1 unspecified atom stereocenters. The van der Waals surface area contributed by atoms with Crippen LogP contribution in [0.4, 0.5) is 0 Å². The van der Waals surface area contributed by atoms with E-state index in [4.69, 9.17) is 4.74 Å². The molecule has 0 aromatic heterocycles. The van der Waals surface area contributed by atoms with Crippen LogP contribution >= 0.6 is 0 Å². The summed E-state index contributed by atoms with van der Waals surface area (Å²) in [5, 5.41) is 9.52. The molecule has 0 aliphatic rings. The Kier molecular flexibility index (Phi) is 17.9. The van der Waals surface area contributed by atoms with Crippen molar-refractivity contribution in [3.63, 3.8) is 0 Å². The number of methoxy groups -OCH3 is 1. The number of aliphatic hydroxyl groups is 1. The number of hydrogen-bond acceptors (Lipinski definition) is 2. The fraction of sp³-hybridized carbons (Fsp3) is 1.00. The van der Waals surface area contributed by atoms with Crippen LogP contribution in [0.3, 0.4) is 0 Å². The van der Waals surface area contributed by atoms with Gasteiger partial charge >= 0.3 is 0 Å². The van der Waals surface area contributed by atoms with Gasteiger partial charge in [0.05, 0.1) is 12.7 Å². The molecule has 0 saturated carbocycles. The Labute approximate surface area is 133 Å². The van der Waals surface area contributed by atoms with Crippen molar-refractivity contribution in [3.8, 4) is 0 Å². The second-order valence-electron chi connectivity index (χ2n) is 6.49. The molecule has 1 atom stereocenters. The maximum absolute atomic E-state index is 9.52. The Morgan fingerprint density at radius 1 is 0.667 bits per heavy atom. The van der Waals surface area contributed by atoms with Gasteiger partial charge in [0, 0.05) is 7.11 Å². The van der Waals surface area contributed by atoms with Crippen molar-refractivity contribution >= 4 is 0 Å². The molecule has 0 heterocycles. The van der Waals surface area contributed by atoms with E-state index in [1.165, 1.54) is 83.5 Å². The topological polar surface area (TPSA) is 29.5 Å². The zero-order valence-corrected chi connectivity index (χ0v) is 14.7. The van der Waals surface area contributed by atoms with Gasteiger partial charge in [-0.05, 0) is 6.42 Å². The highest BCUT2D eigenvalue weighted by molar-refractivity contribution is 4.54. The van der Waals surface area contributed by atoms with Gasteiger partial charge in [-0.25, -0.2) is 0 Å². The summed E-state index contributed by atoms with van der Waals surface area (Å²) in [5.41, 5.74) is 0. The van der Waals surface area contributed by atoms with Crippen LogP contribution < -0.4 is 0 Å². The molecule has 0 spiro atoms. The molecule has 0 aliphatic carbocycles. The van der Waals surface area contributed by atoms with Crippen LogP contribution in [0, 0.1) is 0 Å². The molecule has 128 valence electrons. The number of aliphatic hydroxyl groups excluding tert-OH is 1. The first-order valence-electron chi connectivity index (χ1n) is 9.48. The molecule has 0 bridgehead atoms. The van der Waals surface area contributed by atoms with Crippen molar-refractivity contribution in [2.45, 2.75) is 109 Å². The zero-order chi connectivity index (χ0) is 15.6. The maximum atomic E-state index is 9.52. The smallest absolute Gasteiger partial charge is 0.0773 e. The summed E-state index contributed by atoms with van der Waals surface area (Å²) in [6.07, 6.45) is 20.0. The lowest BCUT2D eigenvalue weighted by Gasteiger charge is -2.08. The average Bonchev–Trinajstić information content (AvgIpc) is 2.48. The van der Waals surface area contributed by atoms with Gasteiger partial charge in [-0.3, -0.25) is 0 Å². The van der Waals surface area contributed by atoms with Crippen molar-refractivity contribution in [2.75, 3.05) is 13.7 Å². The molecular weight excluding hydrogens is 260 g/mol. The van der Waals surface area contributed by atoms with Crippen molar-refractivity contribution < 1.29 is 9.84 Å². The lowest BCUT2D eigenvalue weighted by molar-refractivity contribution is 0.0576. The molecule has 0 amide bonds. The van der Waals surface area contributed by atoms with Crippen LogP contribution in [0.2, 0.25) is 0 Å². The summed E-state index contributed by atoms with van der Waals surface area (Å²) < 4.78 is 4.92. The van der Waals surface area contributed by atoms with Crippen molar-refractivity contribution in [1.82, 2.24) is 0 Å². The van der Waals surface area contributed by atoms with Gasteiger partial charge in [0.25, 0.3) is 0 Å². The van der Waals surface area contributed by atoms with Crippen LogP contribution in [0.1, 0.15) is 103 Å². The van der Waals surface area contributed by atoms with Gasteiger partial charge in [-0.1, -0.05) is 96.8 Å². The number of unbranched alkanes of at least 4 members (excludes halogenated alkanes) is 13. The quantitative estimate of drug-likeness (QED) is 0.341. The summed E-state index contributed by atoms with van der Waals surface area (Å²) in [7, 11) is 1.65. The first-order chi connectivity index (χ1) is 10.3. The van der Waals surface area contributed by atoms with Crippen LogP contribution in [-0.2, 0) is 4.74 Å². The van der Waals surface area contributed by atoms with Crippen LogP contribution in [-0.4, -0.2) is 24.9 Å². The van der Waals surface area contributed by atoms with Gasteiger partial charge in [0.15, 0.2) is 0 Å². The Balaban J connectivity index is 2.99. The summed E-state index contributed by atoms with van der Waals surface area (Å²) in [6.45, 7) is 2.76. The highest BCUT2D eigenvalue weighted by Gasteiger charge is 2.02. The highest BCUT2D eigenvalue weighted by Crippen LogP contribution is 2.13. The minimum Gasteiger partial charge on any atom is -0.391 e. The molecule has 0 aromatic rings. The third kappa shape index (κ3) is 17.9. The van der Waals surface area contributed by atoms with E-state index in [0.717, 1.165) is 12.8 Å². The molecule has 0 aromatic carbocycles. The van der Waals surface area contributed by atoms with Crippen molar-refractivity contribution in [1.29, 1.82) is 0 Å². The fourth-order valence-corrected chi connectivity index (χ4v) is 2.85. The van der Waals surface area contributed by atoms with Gasteiger partial charge in [0.2, 0.25) is 0 Å². The molecule has 0 radical (unpaired) electrons. The molecule has 0 saturated heterocycles. The Bertz CT molecular complexity index is 182. The number of ether oxygens (including phenoxy) is 1. The van der Waals surface area contributed by atoms with E-state index >= 15 is 0 Å². The van der Waals surface area contributed by atoms with E-state index in [9.17, 15) is 5.11 Å². The number of hydrogen-bond donors (Lipinski definition) is 1.